The van der Waals surface area contributed by atoms with Gasteiger partial charge in [0.2, 0.25) is 0 Å². The minimum atomic E-state index is -2.98. The third kappa shape index (κ3) is 1.63. The lowest BCUT2D eigenvalue weighted by atomic mass is 9.70. The van der Waals surface area contributed by atoms with Gasteiger partial charge in [-0.15, -0.1) is 0 Å². The molecule has 8 N–H and O–H groups in total. The van der Waals surface area contributed by atoms with E-state index in [1.165, 1.54) is 0 Å². The van der Waals surface area contributed by atoms with E-state index in [0.29, 0.717) is 6.92 Å². The molecule has 0 unspecified atom stereocenters. The minimum Gasteiger partial charge on any atom is -0.387 e. The Morgan fingerprint density at radius 2 is 1.12 bits per heavy atom. The summed E-state index contributed by atoms with van der Waals surface area (Å²) < 4.78 is 0. The van der Waals surface area contributed by atoms with Crippen LogP contribution in [0.15, 0.2) is 0 Å². The first kappa shape index (κ1) is 13.7. The van der Waals surface area contributed by atoms with Gasteiger partial charge in [-0.1, -0.05) is 0 Å². The van der Waals surface area contributed by atoms with E-state index in [9.17, 15) is 40.9 Å². The Balaban J connectivity index is 3.18. The van der Waals surface area contributed by atoms with E-state index in [0.717, 1.165) is 0 Å². The highest BCUT2D eigenvalue weighted by atomic mass is 16.5. The van der Waals surface area contributed by atoms with E-state index in [-0.39, 0.29) is 0 Å². The summed E-state index contributed by atoms with van der Waals surface area (Å²) in [5.41, 5.74) is -2.98. The summed E-state index contributed by atoms with van der Waals surface area (Å²) in [6.45, 7) is 0.663. The monoisotopic (exact) mass is 240 g/mol. The van der Waals surface area contributed by atoms with Gasteiger partial charge in [-0.05, 0) is 6.92 Å². The standard InChI is InChI=1S/C8H16O8/c1-7(14,15)8(16)5(12)3(10)2(9)4(11)6(8)13/h2-6,9-16H,1H3/t2?,3-,4-,5+,6+,8?/m1/s1. The second-order valence-electron chi connectivity index (χ2n) is 4.21. The molecule has 0 radical (unpaired) electrons. The number of aliphatic hydroxyl groups is 8. The third-order valence-electron chi connectivity index (χ3n) is 3.01. The lowest BCUT2D eigenvalue weighted by Gasteiger charge is -2.51. The molecule has 0 amide bonds. The highest BCUT2D eigenvalue weighted by molar-refractivity contribution is 5.12. The van der Waals surface area contributed by atoms with Crippen molar-refractivity contribution in [2.45, 2.75) is 48.8 Å². The average Bonchev–Trinajstić information content (AvgIpc) is 2.19. The van der Waals surface area contributed by atoms with E-state index >= 15 is 0 Å². The van der Waals surface area contributed by atoms with Crippen molar-refractivity contribution in [1.29, 1.82) is 0 Å². The molecule has 0 aromatic heterocycles. The van der Waals surface area contributed by atoms with Crippen LogP contribution in [0.4, 0.5) is 0 Å². The van der Waals surface area contributed by atoms with Gasteiger partial charge in [-0.2, -0.15) is 0 Å². The molecule has 16 heavy (non-hydrogen) atoms. The number of aliphatic hydroxyl groups excluding tert-OH is 5. The summed E-state index contributed by atoms with van der Waals surface area (Å²) >= 11 is 0. The van der Waals surface area contributed by atoms with E-state index in [1.807, 2.05) is 0 Å². The molecule has 0 spiro atoms. The molecule has 1 rings (SSSR count). The maximum Gasteiger partial charge on any atom is 0.194 e. The lowest BCUT2D eigenvalue weighted by Crippen LogP contribution is -2.77. The molecule has 0 aliphatic heterocycles. The molecule has 0 saturated heterocycles. The fourth-order valence-corrected chi connectivity index (χ4v) is 1.83. The Morgan fingerprint density at radius 1 is 0.812 bits per heavy atom. The summed E-state index contributed by atoms with van der Waals surface area (Å²) in [4.78, 5) is 0. The maximum atomic E-state index is 9.77. The molecule has 0 heterocycles. The first-order chi connectivity index (χ1) is 7.05. The topological polar surface area (TPSA) is 162 Å². The predicted molar refractivity (Wildman–Crippen MR) is 47.8 cm³/mol. The molecule has 96 valence electrons. The van der Waals surface area contributed by atoms with Gasteiger partial charge in [0.05, 0.1) is 0 Å². The summed E-state index contributed by atoms with van der Waals surface area (Å²) in [7, 11) is 0. The molecule has 4 atom stereocenters. The van der Waals surface area contributed by atoms with Crippen LogP contribution in [0.25, 0.3) is 0 Å². The lowest BCUT2D eigenvalue weighted by molar-refractivity contribution is -0.363. The number of rotatable bonds is 1. The molecular weight excluding hydrogens is 224 g/mol. The quantitative estimate of drug-likeness (QED) is 0.212. The van der Waals surface area contributed by atoms with Gasteiger partial charge in [-0.3, -0.25) is 0 Å². The predicted octanol–water partition coefficient (Wildman–Crippen LogP) is -4.76. The van der Waals surface area contributed by atoms with Crippen molar-refractivity contribution in [2.75, 3.05) is 0 Å². The molecule has 8 nitrogen and oxygen atoms in total. The van der Waals surface area contributed by atoms with Crippen molar-refractivity contribution >= 4 is 0 Å². The van der Waals surface area contributed by atoms with Crippen LogP contribution in [-0.2, 0) is 0 Å². The molecule has 1 fully saturated rings. The highest BCUT2D eigenvalue weighted by Crippen LogP contribution is 2.36. The zero-order valence-corrected chi connectivity index (χ0v) is 8.46. The van der Waals surface area contributed by atoms with Crippen molar-refractivity contribution in [3.63, 3.8) is 0 Å². The van der Waals surface area contributed by atoms with Gasteiger partial charge < -0.3 is 40.9 Å². The van der Waals surface area contributed by atoms with Gasteiger partial charge in [0.15, 0.2) is 11.4 Å². The molecule has 0 bridgehead atoms. The molecule has 1 aliphatic carbocycles. The van der Waals surface area contributed by atoms with Crippen LogP contribution < -0.4 is 0 Å². The third-order valence-corrected chi connectivity index (χ3v) is 3.01. The molecule has 1 aliphatic rings. The Kier molecular flexibility index (Phi) is 3.32. The molecule has 1 saturated carbocycles. The normalized spacial score (nSPS) is 50.4. The van der Waals surface area contributed by atoms with E-state index in [4.69, 9.17) is 0 Å². The van der Waals surface area contributed by atoms with E-state index < -0.39 is 41.9 Å². The van der Waals surface area contributed by atoms with Gasteiger partial charge >= 0.3 is 0 Å². The minimum absolute atomic E-state index is 0.663. The van der Waals surface area contributed by atoms with Gasteiger partial charge in [0.25, 0.3) is 0 Å². The van der Waals surface area contributed by atoms with Crippen LogP contribution in [0.5, 0.6) is 0 Å². The van der Waals surface area contributed by atoms with Gasteiger partial charge in [-0.25, -0.2) is 0 Å². The number of hydrogen-bond donors (Lipinski definition) is 8. The summed E-state index contributed by atoms with van der Waals surface area (Å²) in [5, 5.41) is 74.9. The first-order valence-corrected chi connectivity index (χ1v) is 4.62. The van der Waals surface area contributed by atoms with Crippen molar-refractivity contribution in [1.82, 2.24) is 0 Å². The summed E-state index contributed by atoms with van der Waals surface area (Å²) in [6.07, 6.45) is -10.4. The number of hydrogen-bond acceptors (Lipinski definition) is 8. The molecule has 0 aromatic carbocycles. The van der Waals surface area contributed by atoms with Crippen molar-refractivity contribution in [2.24, 2.45) is 0 Å². The van der Waals surface area contributed by atoms with Crippen LogP contribution in [0.1, 0.15) is 6.92 Å². The first-order valence-electron chi connectivity index (χ1n) is 4.62. The van der Waals surface area contributed by atoms with Crippen LogP contribution in [0.3, 0.4) is 0 Å². The Labute approximate surface area is 90.6 Å². The maximum absolute atomic E-state index is 9.77. The van der Waals surface area contributed by atoms with E-state index in [1.54, 1.807) is 0 Å². The summed E-state index contributed by atoms with van der Waals surface area (Å²) in [6, 6.07) is 0. The fraction of sp³-hybridized carbons (Fsp3) is 1.00. The molecule has 0 aromatic rings. The van der Waals surface area contributed by atoms with Crippen molar-refractivity contribution in [3.8, 4) is 0 Å². The zero-order valence-electron chi connectivity index (χ0n) is 8.46. The largest absolute Gasteiger partial charge is 0.387 e. The van der Waals surface area contributed by atoms with Crippen LogP contribution in [0, 0.1) is 0 Å². The van der Waals surface area contributed by atoms with Gasteiger partial charge in [0, 0.05) is 0 Å². The van der Waals surface area contributed by atoms with Crippen LogP contribution >= 0.6 is 0 Å². The SMILES string of the molecule is CC(O)(O)C1(O)[C@@H](O)[C@H](O)C(O)[C@@H](O)[C@@H]1O. The highest BCUT2D eigenvalue weighted by Gasteiger charge is 2.65. The molecule has 8 heteroatoms. The Morgan fingerprint density at radius 3 is 1.38 bits per heavy atom. The molecular formula is C8H16O8. The fourth-order valence-electron chi connectivity index (χ4n) is 1.83. The van der Waals surface area contributed by atoms with Crippen LogP contribution in [0.2, 0.25) is 0 Å². The smallest absolute Gasteiger partial charge is 0.194 e. The Hall–Kier alpha value is -0.320. The zero-order chi connectivity index (χ0) is 12.9. The van der Waals surface area contributed by atoms with Gasteiger partial charge in [0.1, 0.15) is 30.5 Å². The average molecular weight is 240 g/mol. The second-order valence-corrected chi connectivity index (χ2v) is 4.21. The summed E-state index contributed by atoms with van der Waals surface area (Å²) in [5.74, 6) is -2.98. The Bertz CT molecular complexity index is 245. The second kappa shape index (κ2) is 3.86. The van der Waals surface area contributed by atoms with Crippen molar-refractivity contribution < 1.29 is 40.9 Å². The van der Waals surface area contributed by atoms with Crippen molar-refractivity contribution in [3.05, 3.63) is 0 Å². The van der Waals surface area contributed by atoms with Crippen LogP contribution in [-0.4, -0.2) is 82.8 Å². The van der Waals surface area contributed by atoms with E-state index in [2.05, 4.69) is 0 Å².